The van der Waals surface area contributed by atoms with Crippen LogP contribution in [0.5, 0.6) is 0 Å². The highest BCUT2D eigenvalue weighted by Gasteiger charge is 2.61. The van der Waals surface area contributed by atoms with E-state index in [2.05, 4.69) is 11.8 Å². The zero-order chi connectivity index (χ0) is 15.5. The normalized spacial score (nSPS) is 43.9. The molecule has 4 heterocycles. The average molecular weight is 305 g/mol. The van der Waals surface area contributed by atoms with Gasteiger partial charge in [0.15, 0.2) is 0 Å². The standard InChI is InChI=1S/C17H23NO4/c1-3-11-15-12-6-7-14(19)18(12)8-4-5-13(15)21-17(11)9-10(2)16(20)22-17/h9,11-13,15H,3-8H2,1-2H3/t11-,12-,13+,15+,17-/m0/s1. The van der Waals surface area contributed by atoms with E-state index in [1.165, 1.54) is 0 Å². The number of nitrogens with zero attached hydrogens (tertiary/aromatic N) is 1. The Kier molecular flexibility index (Phi) is 3.12. The lowest BCUT2D eigenvalue weighted by molar-refractivity contribution is -0.204. The van der Waals surface area contributed by atoms with Crippen molar-refractivity contribution >= 4 is 11.9 Å². The molecule has 5 nitrogen and oxygen atoms in total. The summed E-state index contributed by atoms with van der Waals surface area (Å²) in [5, 5.41) is 0. The fourth-order valence-electron chi connectivity index (χ4n) is 5.02. The number of fused-ring (bicyclic) bond motifs is 3. The highest BCUT2D eigenvalue weighted by Crippen LogP contribution is 2.53. The lowest BCUT2D eigenvalue weighted by Crippen LogP contribution is -2.44. The van der Waals surface area contributed by atoms with Gasteiger partial charge in [0.25, 0.3) is 0 Å². The van der Waals surface area contributed by atoms with Gasteiger partial charge in [-0.2, -0.15) is 0 Å². The fourth-order valence-corrected chi connectivity index (χ4v) is 5.02. The molecule has 0 N–H and O–H groups in total. The summed E-state index contributed by atoms with van der Waals surface area (Å²) >= 11 is 0. The Morgan fingerprint density at radius 2 is 2.18 bits per heavy atom. The lowest BCUT2D eigenvalue weighted by atomic mass is 9.77. The molecule has 0 unspecified atom stereocenters. The molecule has 0 aliphatic carbocycles. The first-order valence-corrected chi connectivity index (χ1v) is 8.46. The van der Waals surface area contributed by atoms with E-state index < -0.39 is 5.79 Å². The van der Waals surface area contributed by atoms with Crippen LogP contribution >= 0.6 is 0 Å². The average Bonchev–Trinajstić information content (AvgIpc) is 3.02. The molecule has 4 aliphatic heterocycles. The van der Waals surface area contributed by atoms with E-state index >= 15 is 0 Å². The summed E-state index contributed by atoms with van der Waals surface area (Å²) in [6.45, 7) is 4.75. The molecule has 1 amide bonds. The molecule has 0 aromatic heterocycles. The molecule has 0 aromatic rings. The largest absolute Gasteiger partial charge is 0.426 e. The maximum atomic E-state index is 12.1. The van der Waals surface area contributed by atoms with Gasteiger partial charge in [0.05, 0.1) is 6.10 Å². The number of carbonyl (C=O) groups excluding carboxylic acids is 2. The van der Waals surface area contributed by atoms with E-state index in [1.807, 2.05) is 6.08 Å². The van der Waals surface area contributed by atoms with Crippen molar-refractivity contribution in [2.75, 3.05) is 6.54 Å². The van der Waals surface area contributed by atoms with Gasteiger partial charge in [-0.15, -0.1) is 0 Å². The molecule has 5 atom stereocenters. The molecular weight excluding hydrogens is 282 g/mol. The van der Waals surface area contributed by atoms with Crippen LogP contribution in [-0.4, -0.2) is 41.3 Å². The van der Waals surface area contributed by atoms with Gasteiger partial charge in [-0.25, -0.2) is 4.79 Å². The third-order valence-electron chi connectivity index (χ3n) is 5.88. The summed E-state index contributed by atoms with van der Waals surface area (Å²) < 4.78 is 12.0. The number of carbonyl (C=O) groups is 2. The Bertz CT molecular complexity index is 557. The van der Waals surface area contributed by atoms with Crippen molar-refractivity contribution in [3.05, 3.63) is 11.6 Å². The van der Waals surface area contributed by atoms with Crippen molar-refractivity contribution in [1.29, 1.82) is 0 Å². The molecular formula is C17H23NO4. The quantitative estimate of drug-likeness (QED) is 0.695. The van der Waals surface area contributed by atoms with E-state index in [0.29, 0.717) is 12.0 Å². The minimum atomic E-state index is -0.889. The molecule has 3 saturated heterocycles. The molecule has 0 bridgehead atoms. The smallest absolute Gasteiger partial charge is 0.336 e. The Hall–Kier alpha value is -1.36. The number of hydrogen-bond donors (Lipinski definition) is 0. The van der Waals surface area contributed by atoms with E-state index in [-0.39, 0.29) is 35.9 Å². The third kappa shape index (κ3) is 1.81. The second-order valence-corrected chi connectivity index (χ2v) is 7.02. The monoisotopic (exact) mass is 305 g/mol. The van der Waals surface area contributed by atoms with Crippen molar-refractivity contribution in [3.63, 3.8) is 0 Å². The highest BCUT2D eigenvalue weighted by molar-refractivity contribution is 5.90. The fraction of sp³-hybridized carbons (Fsp3) is 0.765. The van der Waals surface area contributed by atoms with Gasteiger partial charge in [0.1, 0.15) is 0 Å². The van der Waals surface area contributed by atoms with Crippen LogP contribution in [0.15, 0.2) is 11.6 Å². The maximum absolute atomic E-state index is 12.1. The first-order chi connectivity index (χ1) is 10.6. The van der Waals surface area contributed by atoms with E-state index in [1.54, 1.807) is 6.92 Å². The SMILES string of the molecule is CC[C@H]1[C@H]2[C@@H](CCCN3C(=O)CC[C@@H]23)O[C@]12C=C(C)C(=O)O2. The van der Waals surface area contributed by atoms with Crippen molar-refractivity contribution in [2.24, 2.45) is 11.8 Å². The number of rotatable bonds is 1. The van der Waals surface area contributed by atoms with Crippen LogP contribution in [0.2, 0.25) is 0 Å². The summed E-state index contributed by atoms with van der Waals surface area (Å²) in [4.78, 5) is 26.1. The summed E-state index contributed by atoms with van der Waals surface area (Å²) in [7, 11) is 0. The van der Waals surface area contributed by atoms with E-state index in [4.69, 9.17) is 9.47 Å². The molecule has 4 aliphatic rings. The maximum Gasteiger partial charge on any atom is 0.336 e. The number of amides is 1. The Balaban J connectivity index is 1.72. The lowest BCUT2D eigenvalue weighted by Gasteiger charge is -2.34. The van der Waals surface area contributed by atoms with Crippen molar-refractivity contribution in [2.45, 2.75) is 63.9 Å². The van der Waals surface area contributed by atoms with Crippen molar-refractivity contribution in [1.82, 2.24) is 4.90 Å². The van der Waals surface area contributed by atoms with Crippen LogP contribution in [0.4, 0.5) is 0 Å². The van der Waals surface area contributed by atoms with Gasteiger partial charge in [0, 0.05) is 36.4 Å². The second-order valence-electron chi connectivity index (χ2n) is 7.02. The van der Waals surface area contributed by atoms with Gasteiger partial charge < -0.3 is 14.4 Å². The molecule has 0 saturated carbocycles. The topological polar surface area (TPSA) is 55.8 Å². The van der Waals surface area contributed by atoms with Gasteiger partial charge in [-0.3, -0.25) is 4.79 Å². The molecule has 3 fully saturated rings. The number of hydrogen-bond acceptors (Lipinski definition) is 4. The first-order valence-electron chi connectivity index (χ1n) is 8.46. The van der Waals surface area contributed by atoms with Crippen LogP contribution in [0, 0.1) is 11.8 Å². The minimum absolute atomic E-state index is 0.0841. The van der Waals surface area contributed by atoms with Crippen LogP contribution in [0.3, 0.4) is 0 Å². The summed E-state index contributed by atoms with van der Waals surface area (Å²) in [5.74, 6) is -0.477. The highest BCUT2D eigenvalue weighted by atomic mass is 16.7. The Morgan fingerprint density at radius 3 is 2.86 bits per heavy atom. The molecule has 120 valence electrons. The molecule has 0 radical (unpaired) electrons. The molecule has 5 heteroatoms. The van der Waals surface area contributed by atoms with Crippen molar-refractivity contribution in [3.8, 4) is 0 Å². The van der Waals surface area contributed by atoms with Gasteiger partial charge >= 0.3 is 5.97 Å². The minimum Gasteiger partial charge on any atom is -0.426 e. The summed E-state index contributed by atoms with van der Waals surface area (Å²) in [6, 6.07) is 0.248. The van der Waals surface area contributed by atoms with E-state index in [0.717, 1.165) is 32.2 Å². The Labute approximate surface area is 130 Å². The molecule has 0 aromatic carbocycles. The second kappa shape index (κ2) is 4.82. The third-order valence-corrected chi connectivity index (χ3v) is 5.88. The van der Waals surface area contributed by atoms with Gasteiger partial charge in [-0.1, -0.05) is 6.92 Å². The summed E-state index contributed by atoms with van der Waals surface area (Å²) in [5.41, 5.74) is 0.634. The predicted molar refractivity (Wildman–Crippen MR) is 78.7 cm³/mol. The summed E-state index contributed by atoms with van der Waals surface area (Å²) in [6.07, 6.45) is 6.30. The number of esters is 1. The van der Waals surface area contributed by atoms with Crippen LogP contribution in [-0.2, 0) is 19.1 Å². The molecule has 1 spiro atoms. The van der Waals surface area contributed by atoms with Crippen LogP contribution < -0.4 is 0 Å². The molecule has 4 rings (SSSR count). The van der Waals surface area contributed by atoms with Crippen LogP contribution in [0.25, 0.3) is 0 Å². The Morgan fingerprint density at radius 1 is 1.36 bits per heavy atom. The number of ether oxygens (including phenoxy) is 2. The molecule has 22 heavy (non-hydrogen) atoms. The zero-order valence-electron chi connectivity index (χ0n) is 13.2. The predicted octanol–water partition coefficient (Wildman–Crippen LogP) is 2.01. The van der Waals surface area contributed by atoms with Gasteiger partial charge in [0.2, 0.25) is 11.7 Å². The van der Waals surface area contributed by atoms with Gasteiger partial charge in [-0.05, 0) is 38.7 Å². The van der Waals surface area contributed by atoms with Crippen LogP contribution in [0.1, 0.15) is 46.0 Å². The zero-order valence-corrected chi connectivity index (χ0v) is 13.2. The van der Waals surface area contributed by atoms with E-state index in [9.17, 15) is 9.59 Å². The first kappa shape index (κ1) is 14.2. The van der Waals surface area contributed by atoms with Crippen molar-refractivity contribution < 1.29 is 19.1 Å².